The summed E-state index contributed by atoms with van der Waals surface area (Å²) in [6, 6.07) is 14.5. The molecule has 0 spiro atoms. The molecule has 0 atom stereocenters. The number of aromatic nitrogens is 2. The first-order valence-corrected chi connectivity index (χ1v) is 6.31. The molecule has 94 valence electrons. The summed E-state index contributed by atoms with van der Waals surface area (Å²) in [5, 5.41) is 3.41. The molecule has 0 radical (unpaired) electrons. The second kappa shape index (κ2) is 5.06. The average Bonchev–Trinajstić information content (AvgIpc) is 2.45. The Hall–Kier alpha value is -2.42. The molecule has 3 rings (SSSR count). The molecule has 0 fully saturated rings. The Morgan fingerprint density at radius 1 is 0.947 bits per heavy atom. The molecule has 0 unspecified atom stereocenters. The summed E-state index contributed by atoms with van der Waals surface area (Å²) in [4.78, 5) is 8.57. The quantitative estimate of drug-likeness (QED) is 0.771. The Kier molecular flexibility index (Phi) is 3.11. The normalized spacial score (nSPS) is 10.6. The van der Waals surface area contributed by atoms with Crippen LogP contribution in [0.2, 0.25) is 0 Å². The molecule has 1 heterocycles. The summed E-state index contributed by atoms with van der Waals surface area (Å²) in [7, 11) is 0. The van der Waals surface area contributed by atoms with Crippen LogP contribution in [0.4, 0.5) is 5.69 Å². The number of hydrogen-bond acceptors (Lipinski definition) is 3. The Morgan fingerprint density at radius 2 is 1.79 bits per heavy atom. The van der Waals surface area contributed by atoms with Gasteiger partial charge in [-0.05, 0) is 30.7 Å². The van der Waals surface area contributed by atoms with Crippen molar-refractivity contribution in [1.29, 1.82) is 0 Å². The molecule has 3 aromatic rings. The van der Waals surface area contributed by atoms with Crippen LogP contribution in [0.1, 0.15) is 11.1 Å². The van der Waals surface area contributed by atoms with Gasteiger partial charge in [0.25, 0.3) is 0 Å². The molecule has 0 amide bonds. The van der Waals surface area contributed by atoms with Crippen LogP contribution in [0, 0.1) is 6.92 Å². The van der Waals surface area contributed by atoms with Gasteiger partial charge in [-0.15, -0.1) is 0 Å². The van der Waals surface area contributed by atoms with E-state index >= 15 is 0 Å². The summed E-state index contributed by atoms with van der Waals surface area (Å²) < 4.78 is 0. The molecule has 0 saturated heterocycles. The van der Waals surface area contributed by atoms with E-state index in [0.29, 0.717) is 0 Å². The first kappa shape index (κ1) is 11.7. The molecule has 0 saturated carbocycles. The monoisotopic (exact) mass is 249 g/mol. The molecule has 19 heavy (non-hydrogen) atoms. The van der Waals surface area contributed by atoms with E-state index in [9.17, 15) is 0 Å². The topological polar surface area (TPSA) is 37.8 Å². The van der Waals surface area contributed by atoms with Crippen LogP contribution in [0.3, 0.4) is 0 Å². The molecule has 0 aliphatic carbocycles. The maximum absolute atomic E-state index is 4.31. The first-order chi connectivity index (χ1) is 9.31. The molecule has 0 bridgehead atoms. The Morgan fingerprint density at radius 3 is 2.63 bits per heavy atom. The number of aryl methyl sites for hydroxylation is 1. The highest BCUT2D eigenvalue weighted by atomic mass is 14.9. The number of nitrogens with zero attached hydrogens (tertiary/aromatic N) is 2. The zero-order chi connectivity index (χ0) is 13.1. The van der Waals surface area contributed by atoms with Gasteiger partial charge in [-0.3, -0.25) is 9.97 Å². The minimum Gasteiger partial charge on any atom is -0.381 e. The molecular weight excluding hydrogens is 234 g/mol. The van der Waals surface area contributed by atoms with Crippen LogP contribution in [0.25, 0.3) is 11.0 Å². The zero-order valence-corrected chi connectivity index (χ0v) is 10.8. The summed E-state index contributed by atoms with van der Waals surface area (Å²) in [5.74, 6) is 0. The van der Waals surface area contributed by atoms with Crippen LogP contribution >= 0.6 is 0 Å². The van der Waals surface area contributed by atoms with E-state index in [-0.39, 0.29) is 0 Å². The van der Waals surface area contributed by atoms with Gasteiger partial charge in [0, 0.05) is 24.6 Å². The molecular formula is C16H15N3. The number of rotatable bonds is 3. The van der Waals surface area contributed by atoms with Crippen LogP contribution in [0.15, 0.2) is 54.9 Å². The largest absolute Gasteiger partial charge is 0.381 e. The van der Waals surface area contributed by atoms with E-state index < -0.39 is 0 Å². The van der Waals surface area contributed by atoms with E-state index in [1.807, 2.05) is 18.2 Å². The van der Waals surface area contributed by atoms with Crippen molar-refractivity contribution >= 4 is 16.7 Å². The fourth-order valence-electron chi connectivity index (χ4n) is 2.10. The van der Waals surface area contributed by atoms with Gasteiger partial charge in [0.2, 0.25) is 0 Å². The third-order valence-electron chi connectivity index (χ3n) is 3.05. The fourth-order valence-corrected chi connectivity index (χ4v) is 2.10. The van der Waals surface area contributed by atoms with Crippen LogP contribution in [0.5, 0.6) is 0 Å². The maximum Gasteiger partial charge on any atom is 0.0907 e. The van der Waals surface area contributed by atoms with Crippen LogP contribution in [-0.2, 0) is 6.54 Å². The van der Waals surface area contributed by atoms with E-state index in [4.69, 9.17) is 0 Å². The SMILES string of the molecule is Cc1cccc(CNc2ccc3nccnc3c2)c1. The van der Waals surface area contributed by atoms with Crippen molar-refractivity contribution in [2.24, 2.45) is 0 Å². The lowest BCUT2D eigenvalue weighted by Crippen LogP contribution is -1.99. The van der Waals surface area contributed by atoms with Gasteiger partial charge in [-0.1, -0.05) is 29.8 Å². The molecule has 1 aromatic heterocycles. The third kappa shape index (κ3) is 2.71. The highest BCUT2D eigenvalue weighted by Crippen LogP contribution is 2.16. The molecule has 1 N–H and O–H groups in total. The van der Waals surface area contributed by atoms with Gasteiger partial charge in [0.1, 0.15) is 0 Å². The van der Waals surface area contributed by atoms with E-state index in [1.165, 1.54) is 11.1 Å². The van der Waals surface area contributed by atoms with Crippen molar-refractivity contribution in [2.75, 3.05) is 5.32 Å². The summed E-state index contributed by atoms with van der Waals surface area (Å²) in [6.07, 6.45) is 3.43. The van der Waals surface area contributed by atoms with Gasteiger partial charge in [0.05, 0.1) is 11.0 Å². The van der Waals surface area contributed by atoms with E-state index in [2.05, 4.69) is 46.5 Å². The minimum atomic E-state index is 0.813. The van der Waals surface area contributed by atoms with Gasteiger partial charge >= 0.3 is 0 Å². The fraction of sp³-hybridized carbons (Fsp3) is 0.125. The standard InChI is InChI=1S/C16H15N3/c1-12-3-2-4-13(9-12)11-19-14-5-6-15-16(10-14)18-8-7-17-15/h2-10,19H,11H2,1H3. The zero-order valence-electron chi connectivity index (χ0n) is 10.8. The number of hydrogen-bond donors (Lipinski definition) is 1. The van der Waals surface area contributed by atoms with Crippen molar-refractivity contribution in [3.63, 3.8) is 0 Å². The smallest absolute Gasteiger partial charge is 0.0907 e. The van der Waals surface area contributed by atoms with Gasteiger partial charge in [-0.2, -0.15) is 0 Å². The number of nitrogens with one attached hydrogen (secondary N) is 1. The molecule has 0 aliphatic heterocycles. The van der Waals surface area contributed by atoms with Crippen molar-refractivity contribution < 1.29 is 0 Å². The average molecular weight is 249 g/mol. The maximum atomic E-state index is 4.31. The molecule has 3 nitrogen and oxygen atoms in total. The van der Waals surface area contributed by atoms with E-state index in [0.717, 1.165) is 23.3 Å². The number of fused-ring (bicyclic) bond motifs is 1. The van der Waals surface area contributed by atoms with Crippen LogP contribution < -0.4 is 5.32 Å². The Bertz CT molecular complexity index is 707. The predicted molar refractivity (Wildman–Crippen MR) is 78.0 cm³/mol. The highest BCUT2D eigenvalue weighted by molar-refractivity contribution is 5.78. The van der Waals surface area contributed by atoms with Crippen molar-refractivity contribution in [3.8, 4) is 0 Å². The second-order valence-electron chi connectivity index (χ2n) is 4.60. The molecule has 2 aromatic carbocycles. The van der Waals surface area contributed by atoms with Crippen LogP contribution in [-0.4, -0.2) is 9.97 Å². The summed E-state index contributed by atoms with van der Waals surface area (Å²) in [6.45, 7) is 2.92. The lowest BCUT2D eigenvalue weighted by molar-refractivity contribution is 1.14. The van der Waals surface area contributed by atoms with Gasteiger partial charge < -0.3 is 5.32 Å². The van der Waals surface area contributed by atoms with Crippen molar-refractivity contribution in [2.45, 2.75) is 13.5 Å². The van der Waals surface area contributed by atoms with Gasteiger partial charge in [0.15, 0.2) is 0 Å². The Balaban J connectivity index is 1.78. The summed E-state index contributed by atoms with van der Waals surface area (Å²) >= 11 is 0. The lowest BCUT2D eigenvalue weighted by atomic mass is 10.1. The number of anilines is 1. The van der Waals surface area contributed by atoms with Crippen molar-refractivity contribution in [1.82, 2.24) is 9.97 Å². The lowest BCUT2D eigenvalue weighted by Gasteiger charge is -2.07. The van der Waals surface area contributed by atoms with E-state index in [1.54, 1.807) is 12.4 Å². The predicted octanol–water partition coefficient (Wildman–Crippen LogP) is 3.55. The molecule has 3 heteroatoms. The second-order valence-corrected chi connectivity index (χ2v) is 4.60. The minimum absolute atomic E-state index is 0.813. The molecule has 0 aliphatic rings. The highest BCUT2D eigenvalue weighted by Gasteiger charge is 1.98. The third-order valence-corrected chi connectivity index (χ3v) is 3.05. The van der Waals surface area contributed by atoms with Crippen molar-refractivity contribution in [3.05, 3.63) is 66.0 Å². The van der Waals surface area contributed by atoms with Gasteiger partial charge in [-0.25, -0.2) is 0 Å². The Labute approximate surface area is 112 Å². The number of benzene rings is 2. The first-order valence-electron chi connectivity index (χ1n) is 6.31. The summed E-state index contributed by atoms with van der Waals surface area (Å²) in [5.41, 5.74) is 5.46.